The van der Waals surface area contributed by atoms with Gasteiger partial charge in [0, 0.05) is 22.6 Å². The number of carbonyl (C=O) groups is 2. The third kappa shape index (κ3) is 4.23. The highest BCUT2D eigenvalue weighted by Crippen LogP contribution is 2.35. The summed E-state index contributed by atoms with van der Waals surface area (Å²) < 4.78 is 16.5. The summed E-state index contributed by atoms with van der Waals surface area (Å²) in [5.41, 5.74) is 2.12. The first kappa shape index (κ1) is 19.6. The lowest BCUT2D eigenvalue weighted by Gasteiger charge is -2.09. The number of hydrogen-bond donors (Lipinski definition) is 1. The van der Waals surface area contributed by atoms with E-state index in [1.807, 2.05) is 0 Å². The van der Waals surface area contributed by atoms with Gasteiger partial charge in [-0.05, 0) is 48.0 Å². The van der Waals surface area contributed by atoms with Crippen molar-refractivity contribution in [2.45, 2.75) is 6.92 Å². The van der Waals surface area contributed by atoms with Gasteiger partial charge in [-0.3, -0.25) is 4.79 Å². The Kier molecular flexibility index (Phi) is 5.79. The highest BCUT2D eigenvalue weighted by atomic mass is 79.9. The van der Waals surface area contributed by atoms with Crippen LogP contribution in [0.1, 0.15) is 18.1 Å². The Balaban J connectivity index is 1.90. The van der Waals surface area contributed by atoms with Gasteiger partial charge in [-0.25, -0.2) is 9.79 Å². The van der Waals surface area contributed by atoms with Gasteiger partial charge in [-0.15, -0.1) is 0 Å². The number of esters is 1. The number of halogens is 1. The molecule has 2 aromatic carbocycles. The van der Waals surface area contributed by atoms with Gasteiger partial charge in [0.05, 0.1) is 14.2 Å². The van der Waals surface area contributed by atoms with E-state index in [4.69, 9.17) is 14.2 Å². The SMILES string of the molecule is COc1cc(Br)c(/C=C2\N=C(c3ccc(NC(C)=O)cc3)OC2=O)cc1OC. The van der Waals surface area contributed by atoms with Crippen LogP contribution in [0, 0.1) is 0 Å². The lowest BCUT2D eigenvalue weighted by molar-refractivity contribution is -0.129. The predicted octanol–water partition coefficient (Wildman–Crippen LogP) is 3.77. The number of carbonyl (C=O) groups excluding carboxylic acids is 2. The minimum Gasteiger partial charge on any atom is -0.493 e. The van der Waals surface area contributed by atoms with Crippen LogP contribution in [0.3, 0.4) is 0 Å². The first-order valence-corrected chi connectivity index (χ1v) is 9.02. The van der Waals surface area contributed by atoms with E-state index >= 15 is 0 Å². The lowest BCUT2D eigenvalue weighted by atomic mass is 10.1. The van der Waals surface area contributed by atoms with Crippen molar-refractivity contribution in [3.63, 3.8) is 0 Å². The summed E-state index contributed by atoms with van der Waals surface area (Å²) in [7, 11) is 3.08. The summed E-state index contributed by atoms with van der Waals surface area (Å²) >= 11 is 3.45. The summed E-state index contributed by atoms with van der Waals surface area (Å²) in [4.78, 5) is 27.6. The summed E-state index contributed by atoms with van der Waals surface area (Å²) in [5.74, 6) is 0.573. The molecule has 0 fully saturated rings. The van der Waals surface area contributed by atoms with E-state index in [-0.39, 0.29) is 17.5 Å². The number of methoxy groups -OCH3 is 2. The molecule has 0 spiro atoms. The molecule has 0 aliphatic carbocycles. The molecule has 0 unspecified atom stereocenters. The number of hydrogen-bond acceptors (Lipinski definition) is 6. The van der Waals surface area contributed by atoms with E-state index in [0.717, 1.165) is 0 Å². The molecule has 0 bridgehead atoms. The van der Waals surface area contributed by atoms with Crippen LogP contribution in [-0.2, 0) is 14.3 Å². The van der Waals surface area contributed by atoms with E-state index < -0.39 is 5.97 Å². The minimum absolute atomic E-state index is 0.161. The third-order valence-electron chi connectivity index (χ3n) is 3.87. The zero-order valence-corrected chi connectivity index (χ0v) is 17.0. The van der Waals surface area contributed by atoms with Gasteiger partial charge in [0.25, 0.3) is 0 Å². The van der Waals surface area contributed by atoms with Crippen molar-refractivity contribution in [1.82, 2.24) is 0 Å². The zero-order valence-electron chi connectivity index (χ0n) is 15.4. The molecule has 7 nitrogen and oxygen atoms in total. The molecule has 3 rings (SSSR count). The molecule has 0 atom stereocenters. The fraction of sp³-hybridized carbons (Fsp3) is 0.150. The van der Waals surface area contributed by atoms with Crippen LogP contribution < -0.4 is 14.8 Å². The van der Waals surface area contributed by atoms with Crippen LogP contribution >= 0.6 is 15.9 Å². The smallest absolute Gasteiger partial charge is 0.363 e. The van der Waals surface area contributed by atoms with Crippen molar-refractivity contribution >= 4 is 45.5 Å². The molecule has 0 radical (unpaired) electrons. The maximum Gasteiger partial charge on any atom is 0.363 e. The molecule has 1 aliphatic rings. The monoisotopic (exact) mass is 444 g/mol. The maximum absolute atomic E-state index is 12.2. The Morgan fingerprint density at radius 3 is 2.39 bits per heavy atom. The average molecular weight is 445 g/mol. The van der Waals surface area contributed by atoms with Crippen molar-refractivity contribution < 1.29 is 23.8 Å². The quantitative estimate of drug-likeness (QED) is 0.560. The number of aliphatic imine (C=N–C) groups is 1. The molecular formula is C20H17BrN2O5. The molecule has 8 heteroatoms. The number of nitrogens with zero attached hydrogens (tertiary/aromatic N) is 1. The topological polar surface area (TPSA) is 86.2 Å². The second-order valence-electron chi connectivity index (χ2n) is 5.82. The van der Waals surface area contributed by atoms with Crippen LogP contribution in [0.2, 0.25) is 0 Å². The molecular weight excluding hydrogens is 428 g/mol. The standard InChI is InChI=1S/C20H17BrN2O5/c1-11(24)22-14-6-4-12(5-7-14)19-23-16(20(25)28-19)8-13-9-17(26-2)18(27-3)10-15(13)21/h4-10H,1-3H3,(H,22,24)/b16-8-. The number of anilines is 1. The van der Waals surface area contributed by atoms with Crippen molar-refractivity contribution in [2.75, 3.05) is 19.5 Å². The Morgan fingerprint density at radius 2 is 1.79 bits per heavy atom. The van der Waals surface area contributed by atoms with Gasteiger partial charge in [-0.1, -0.05) is 15.9 Å². The van der Waals surface area contributed by atoms with E-state index in [9.17, 15) is 9.59 Å². The molecule has 0 saturated heterocycles. The van der Waals surface area contributed by atoms with Crippen molar-refractivity contribution in [2.24, 2.45) is 4.99 Å². The van der Waals surface area contributed by atoms with Crippen LogP contribution in [0.15, 0.2) is 51.6 Å². The summed E-state index contributed by atoms with van der Waals surface area (Å²) in [5, 5.41) is 2.67. The minimum atomic E-state index is -0.553. The molecule has 1 aliphatic heterocycles. The number of rotatable bonds is 5. The first-order valence-electron chi connectivity index (χ1n) is 8.23. The van der Waals surface area contributed by atoms with Crippen LogP contribution in [0.25, 0.3) is 6.08 Å². The summed E-state index contributed by atoms with van der Waals surface area (Å²) in [6.45, 7) is 1.43. The normalized spacial score (nSPS) is 14.5. The number of benzene rings is 2. The molecule has 1 amide bonds. The highest BCUT2D eigenvalue weighted by molar-refractivity contribution is 9.10. The molecule has 0 aromatic heterocycles. The summed E-state index contributed by atoms with van der Waals surface area (Å²) in [6, 6.07) is 10.3. The Hall–Kier alpha value is -3.13. The Morgan fingerprint density at radius 1 is 1.14 bits per heavy atom. The first-order chi connectivity index (χ1) is 13.4. The molecule has 28 heavy (non-hydrogen) atoms. The van der Waals surface area contributed by atoms with Gasteiger partial charge in [0.2, 0.25) is 11.8 Å². The van der Waals surface area contributed by atoms with Gasteiger partial charge in [0.1, 0.15) is 0 Å². The van der Waals surface area contributed by atoms with E-state index in [0.29, 0.717) is 32.8 Å². The van der Waals surface area contributed by atoms with Gasteiger partial charge < -0.3 is 19.5 Å². The van der Waals surface area contributed by atoms with Gasteiger partial charge in [-0.2, -0.15) is 0 Å². The highest BCUT2D eigenvalue weighted by Gasteiger charge is 2.24. The third-order valence-corrected chi connectivity index (χ3v) is 4.55. The predicted molar refractivity (Wildman–Crippen MR) is 109 cm³/mol. The molecule has 1 N–H and O–H groups in total. The van der Waals surface area contributed by atoms with Gasteiger partial charge in [0.15, 0.2) is 17.2 Å². The van der Waals surface area contributed by atoms with E-state index in [1.54, 1.807) is 49.6 Å². The average Bonchev–Trinajstić information content (AvgIpc) is 3.03. The zero-order chi connectivity index (χ0) is 20.3. The van der Waals surface area contributed by atoms with Crippen molar-refractivity contribution in [3.05, 3.63) is 57.7 Å². The largest absolute Gasteiger partial charge is 0.493 e. The van der Waals surface area contributed by atoms with Crippen LogP contribution in [0.5, 0.6) is 11.5 Å². The number of ether oxygens (including phenoxy) is 3. The van der Waals surface area contributed by atoms with Crippen LogP contribution in [-0.4, -0.2) is 32.0 Å². The second kappa shape index (κ2) is 8.26. The fourth-order valence-electron chi connectivity index (χ4n) is 2.56. The number of cyclic esters (lactones) is 1. The van der Waals surface area contributed by atoms with Gasteiger partial charge >= 0.3 is 5.97 Å². The summed E-state index contributed by atoms with van der Waals surface area (Å²) in [6.07, 6.45) is 1.60. The lowest BCUT2D eigenvalue weighted by Crippen LogP contribution is -2.07. The second-order valence-corrected chi connectivity index (χ2v) is 6.68. The molecule has 0 saturated carbocycles. The molecule has 1 heterocycles. The Labute approximate surface area is 170 Å². The number of nitrogens with one attached hydrogen (secondary N) is 1. The Bertz CT molecular complexity index is 996. The van der Waals surface area contributed by atoms with Crippen LogP contribution in [0.4, 0.5) is 5.69 Å². The van der Waals surface area contributed by atoms with E-state index in [2.05, 4.69) is 26.2 Å². The van der Waals surface area contributed by atoms with Crippen molar-refractivity contribution in [3.8, 4) is 11.5 Å². The molecule has 144 valence electrons. The maximum atomic E-state index is 12.2. The number of amides is 1. The molecule has 2 aromatic rings. The fourth-order valence-corrected chi connectivity index (χ4v) is 3.00. The van der Waals surface area contributed by atoms with E-state index in [1.165, 1.54) is 14.0 Å². The van der Waals surface area contributed by atoms with Crippen molar-refractivity contribution in [1.29, 1.82) is 0 Å².